The molecule has 0 aliphatic rings. The Balaban J connectivity index is 2.11. The Morgan fingerprint density at radius 1 is 1.11 bits per heavy atom. The van der Waals surface area contributed by atoms with Crippen molar-refractivity contribution in [2.75, 3.05) is 13.2 Å². The second kappa shape index (κ2) is 11.0. The molecule has 148 valence electrons. The number of hydrogen-bond donors (Lipinski definition) is 2. The molecular formula is C21H25N3O3S. The molecule has 0 radical (unpaired) electrons. The van der Waals surface area contributed by atoms with Crippen molar-refractivity contribution in [3.8, 4) is 5.75 Å². The van der Waals surface area contributed by atoms with Crippen molar-refractivity contribution in [1.29, 1.82) is 0 Å². The van der Waals surface area contributed by atoms with Gasteiger partial charge in [-0.3, -0.25) is 14.9 Å². The van der Waals surface area contributed by atoms with Crippen LogP contribution in [0.2, 0.25) is 0 Å². The molecule has 2 aromatic carbocycles. The fraction of sp³-hybridized carbons (Fsp3) is 0.286. The van der Waals surface area contributed by atoms with E-state index in [1.807, 2.05) is 43.3 Å². The highest BCUT2D eigenvalue weighted by Crippen LogP contribution is 2.18. The first kappa shape index (κ1) is 21.4. The molecule has 28 heavy (non-hydrogen) atoms. The third-order valence-electron chi connectivity index (χ3n) is 3.95. The van der Waals surface area contributed by atoms with E-state index in [0.29, 0.717) is 31.0 Å². The number of nitrogens with two attached hydrogens (primary N) is 1. The molecule has 7 heteroatoms. The molecule has 0 fully saturated rings. The standard InChI is InChI=1S/C21H25N3O3S/c1-2-14-27-18-11-7-6-10-17(18)20(26)23-21(28)24(13-12-19(22)25)15-16-8-4-3-5-9-16/h3-11H,2,12-15H2,1H3,(H2,22,25)(H,23,26,28). The molecule has 0 bridgehead atoms. The monoisotopic (exact) mass is 399 g/mol. The summed E-state index contributed by atoms with van der Waals surface area (Å²) < 4.78 is 5.65. The lowest BCUT2D eigenvalue weighted by Gasteiger charge is -2.25. The Kier molecular flexibility index (Phi) is 8.42. The lowest BCUT2D eigenvalue weighted by atomic mass is 10.2. The molecule has 0 aliphatic carbocycles. The number of carbonyl (C=O) groups excluding carboxylic acids is 2. The van der Waals surface area contributed by atoms with Gasteiger partial charge in [0.15, 0.2) is 5.11 Å². The lowest BCUT2D eigenvalue weighted by Crippen LogP contribution is -2.43. The maximum Gasteiger partial charge on any atom is 0.261 e. The summed E-state index contributed by atoms with van der Waals surface area (Å²) in [6.07, 6.45) is 0.978. The Morgan fingerprint density at radius 3 is 2.46 bits per heavy atom. The van der Waals surface area contributed by atoms with E-state index in [9.17, 15) is 9.59 Å². The maximum absolute atomic E-state index is 12.7. The van der Waals surface area contributed by atoms with Gasteiger partial charge in [-0.2, -0.15) is 0 Å². The number of carbonyl (C=O) groups is 2. The molecule has 0 saturated heterocycles. The van der Waals surface area contributed by atoms with Crippen LogP contribution in [0.4, 0.5) is 0 Å². The van der Waals surface area contributed by atoms with Crippen LogP contribution in [-0.2, 0) is 11.3 Å². The van der Waals surface area contributed by atoms with Gasteiger partial charge >= 0.3 is 0 Å². The number of para-hydroxylation sites is 1. The molecule has 0 aromatic heterocycles. The normalized spacial score (nSPS) is 10.2. The molecule has 0 spiro atoms. The summed E-state index contributed by atoms with van der Waals surface area (Å²) in [7, 11) is 0. The first-order chi connectivity index (χ1) is 13.5. The molecule has 2 aromatic rings. The van der Waals surface area contributed by atoms with Crippen molar-refractivity contribution in [3.05, 3.63) is 65.7 Å². The van der Waals surface area contributed by atoms with Crippen LogP contribution in [0.3, 0.4) is 0 Å². The zero-order valence-electron chi connectivity index (χ0n) is 15.9. The van der Waals surface area contributed by atoms with Crippen LogP contribution < -0.4 is 15.8 Å². The van der Waals surface area contributed by atoms with Crippen molar-refractivity contribution in [3.63, 3.8) is 0 Å². The summed E-state index contributed by atoms with van der Waals surface area (Å²) in [4.78, 5) is 25.7. The molecule has 2 rings (SSSR count). The SMILES string of the molecule is CCCOc1ccccc1C(=O)NC(=S)N(CCC(N)=O)Cc1ccccc1. The zero-order chi connectivity index (χ0) is 20.4. The highest BCUT2D eigenvalue weighted by molar-refractivity contribution is 7.80. The van der Waals surface area contributed by atoms with E-state index in [2.05, 4.69) is 5.32 Å². The second-order valence-electron chi connectivity index (χ2n) is 6.23. The molecule has 6 nitrogen and oxygen atoms in total. The van der Waals surface area contributed by atoms with E-state index in [0.717, 1.165) is 12.0 Å². The topological polar surface area (TPSA) is 84.7 Å². The maximum atomic E-state index is 12.7. The minimum Gasteiger partial charge on any atom is -0.493 e. The third kappa shape index (κ3) is 6.66. The van der Waals surface area contributed by atoms with Crippen LogP contribution in [0, 0.1) is 0 Å². The number of thiocarbonyl (C=S) groups is 1. The third-order valence-corrected chi connectivity index (χ3v) is 4.31. The van der Waals surface area contributed by atoms with Gasteiger partial charge in [0.25, 0.3) is 5.91 Å². The number of hydrogen-bond acceptors (Lipinski definition) is 4. The summed E-state index contributed by atoms with van der Waals surface area (Å²) in [6.45, 7) is 3.30. The van der Waals surface area contributed by atoms with Crippen molar-refractivity contribution in [1.82, 2.24) is 10.2 Å². The second-order valence-corrected chi connectivity index (χ2v) is 6.61. The van der Waals surface area contributed by atoms with Gasteiger partial charge in [0.1, 0.15) is 5.75 Å². The molecule has 0 heterocycles. The van der Waals surface area contributed by atoms with Crippen molar-refractivity contribution in [2.45, 2.75) is 26.3 Å². The van der Waals surface area contributed by atoms with Gasteiger partial charge in [-0.1, -0.05) is 49.4 Å². The van der Waals surface area contributed by atoms with Crippen LogP contribution in [0.25, 0.3) is 0 Å². The van der Waals surface area contributed by atoms with Crippen molar-refractivity contribution in [2.24, 2.45) is 5.73 Å². The molecule has 0 atom stereocenters. The van der Waals surface area contributed by atoms with Gasteiger partial charge in [0.05, 0.1) is 12.2 Å². The van der Waals surface area contributed by atoms with Crippen LogP contribution in [-0.4, -0.2) is 35.0 Å². The summed E-state index contributed by atoms with van der Waals surface area (Å²) >= 11 is 5.43. The number of amides is 2. The summed E-state index contributed by atoms with van der Waals surface area (Å²) in [6, 6.07) is 16.7. The first-order valence-corrected chi connectivity index (χ1v) is 9.56. The predicted molar refractivity (Wildman–Crippen MR) is 113 cm³/mol. The van der Waals surface area contributed by atoms with Gasteiger partial charge in [0.2, 0.25) is 5.91 Å². The zero-order valence-corrected chi connectivity index (χ0v) is 16.7. The van der Waals surface area contributed by atoms with Crippen LogP contribution in [0.1, 0.15) is 35.7 Å². The predicted octanol–water partition coefficient (Wildman–Crippen LogP) is 2.87. The lowest BCUT2D eigenvalue weighted by molar-refractivity contribution is -0.118. The molecule has 0 saturated carbocycles. The van der Waals surface area contributed by atoms with E-state index in [1.54, 1.807) is 23.1 Å². The Morgan fingerprint density at radius 2 is 1.79 bits per heavy atom. The Labute approximate surface area is 170 Å². The fourth-order valence-corrected chi connectivity index (χ4v) is 2.79. The summed E-state index contributed by atoms with van der Waals surface area (Å²) in [5.41, 5.74) is 6.70. The number of ether oxygens (including phenoxy) is 1. The van der Waals surface area contributed by atoms with Crippen LogP contribution >= 0.6 is 12.2 Å². The van der Waals surface area contributed by atoms with Gasteiger partial charge in [-0.15, -0.1) is 0 Å². The summed E-state index contributed by atoms with van der Waals surface area (Å²) in [5.74, 6) is -0.268. The van der Waals surface area contributed by atoms with E-state index in [1.165, 1.54) is 0 Å². The van der Waals surface area contributed by atoms with E-state index in [4.69, 9.17) is 22.7 Å². The molecule has 0 unspecified atom stereocenters. The average Bonchev–Trinajstić information content (AvgIpc) is 2.70. The quantitative estimate of drug-likeness (QED) is 0.634. The Hall–Kier alpha value is -2.93. The largest absolute Gasteiger partial charge is 0.493 e. The fourth-order valence-electron chi connectivity index (χ4n) is 2.54. The Bertz CT molecular complexity index is 812. The number of nitrogens with one attached hydrogen (secondary N) is 1. The smallest absolute Gasteiger partial charge is 0.261 e. The molecule has 3 N–H and O–H groups in total. The van der Waals surface area contributed by atoms with Gasteiger partial charge in [-0.25, -0.2) is 0 Å². The average molecular weight is 400 g/mol. The van der Waals surface area contributed by atoms with E-state index in [-0.39, 0.29) is 17.4 Å². The van der Waals surface area contributed by atoms with Gasteiger partial charge < -0.3 is 15.4 Å². The van der Waals surface area contributed by atoms with E-state index < -0.39 is 5.91 Å². The number of benzene rings is 2. The van der Waals surface area contributed by atoms with E-state index >= 15 is 0 Å². The van der Waals surface area contributed by atoms with Gasteiger partial charge in [-0.05, 0) is 36.3 Å². The molecular weight excluding hydrogens is 374 g/mol. The van der Waals surface area contributed by atoms with Crippen molar-refractivity contribution >= 4 is 29.1 Å². The molecule has 2 amide bonds. The number of primary amides is 1. The highest BCUT2D eigenvalue weighted by atomic mass is 32.1. The minimum absolute atomic E-state index is 0.138. The van der Waals surface area contributed by atoms with Crippen LogP contribution in [0.5, 0.6) is 5.75 Å². The molecule has 0 aliphatic heterocycles. The number of nitrogens with zero attached hydrogens (tertiary/aromatic N) is 1. The summed E-state index contributed by atoms with van der Waals surface area (Å²) in [5, 5.41) is 2.98. The first-order valence-electron chi connectivity index (χ1n) is 9.15. The van der Waals surface area contributed by atoms with Gasteiger partial charge in [0, 0.05) is 19.5 Å². The number of rotatable bonds is 9. The van der Waals surface area contributed by atoms with Crippen molar-refractivity contribution < 1.29 is 14.3 Å². The highest BCUT2D eigenvalue weighted by Gasteiger charge is 2.18. The van der Waals surface area contributed by atoms with Crippen LogP contribution in [0.15, 0.2) is 54.6 Å². The minimum atomic E-state index is -0.425.